The fourth-order valence-corrected chi connectivity index (χ4v) is 3.40. The van der Waals surface area contributed by atoms with Crippen LogP contribution in [0.1, 0.15) is 15.9 Å². The van der Waals surface area contributed by atoms with Crippen LogP contribution >= 0.6 is 11.8 Å². The van der Waals surface area contributed by atoms with Crippen LogP contribution in [0.5, 0.6) is 0 Å². The lowest BCUT2D eigenvalue weighted by Gasteiger charge is -2.12. The number of rotatable bonds is 6. The molecule has 3 rings (SSSR count). The number of nitrogens with one attached hydrogen (secondary N) is 2. The van der Waals surface area contributed by atoms with Gasteiger partial charge in [0.2, 0.25) is 5.91 Å². The fraction of sp³-hybridized carbons (Fsp3) is 0.211. The number of thioether (sulfide) groups is 1. The maximum Gasteiger partial charge on any atom is 0.291 e. The van der Waals surface area contributed by atoms with Gasteiger partial charge in [-0.1, -0.05) is 12.1 Å². The Hall–Kier alpha value is -2.94. The summed E-state index contributed by atoms with van der Waals surface area (Å²) in [4.78, 5) is 28.4. The van der Waals surface area contributed by atoms with Gasteiger partial charge in [-0.3, -0.25) is 9.59 Å². The van der Waals surface area contributed by atoms with Gasteiger partial charge in [-0.2, -0.15) is 8.78 Å². The Kier molecular flexibility index (Phi) is 5.93. The lowest BCUT2D eigenvalue weighted by Crippen LogP contribution is -2.21. The molecule has 0 spiro atoms. The van der Waals surface area contributed by atoms with Crippen LogP contribution in [0.15, 0.2) is 47.6 Å². The van der Waals surface area contributed by atoms with Crippen molar-refractivity contribution in [3.8, 4) is 0 Å². The van der Waals surface area contributed by atoms with Gasteiger partial charge in [-0.15, -0.1) is 0 Å². The number of carbonyl (C=O) groups excluding carboxylic acids is 2. The number of aryl methyl sites for hydroxylation is 1. The smallest absolute Gasteiger partial charge is 0.291 e. The van der Waals surface area contributed by atoms with E-state index < -0.39 is 5.76 Å². The third-order valence-corrected chi connectivity index (χ3v) is 4.81. The molecule has 0 radical (unpaired) electrons. The minimum atomic E-state index is -2.64. The Morgan fingerprint density at radius 2 is 1.96 bits per heavy atom. The molecular formula is C19H18F2N4O2S. The van der Waals surface area contributed by atoms with E-state index >= 15 is 0 Å². The number of anilines is 1. The zero-order valence-electron chi connectivity index (χ0n) is 15.2. The largest absolute Gasteiger partial charge is 0.355 e. The second-order valence-corrected chi connectivity index (χ2v) is 6.96. The first-order valence-corrected chi connectivity index (χ1v) is 9.29. The van der Waals surface area contributed by atoms with Crippen molar-refractivity contribution in [3.05, 3.63) is 53.6 Å². The summed E-state index contributed by atoms with van der Waals surface area (Å²) in [5.41, 5.74) is 2.89. The van der Waals surface area contributed by atoms with Crippen LogP contribution in [0.4, 0.5) is 14.5 Å². The molecule has 0 aliphatic rings. The number of imidazole rings is 1. The van der Waals surface area contributed by atoms with Crippen molar-refractivity contribution in [3.63, 3.8) is 0 Å². The maximum absolute atomic E-state index is 12.9. The SMILES string of the molecule is CNC(=O)c1ccc(NC(=O)Cn2c(SC(F)F)nc3ccccc32)c(C)c1. The third kappa shape index (κ3) is 4.30. The molecule has 3 aromatic rings. The number of amides is 2. The number of hydrogen-bond donors (Lipinski definition) is 2. The van der Waals surface area contributed by atoms with E-state index in [9.17, 15) is 18.4 Å². The zero-order chi connectivity index (χ0) is 20.3. The van der Waals surface area contributed by atoms with E-state index in [1.165, 1.54) is 11.6 Å². The number of aromatic nitrogens is 2. The van der Waals surface area contributed by atoms with Gasteiger partial charge in [0.05, 0.1) is 11.0 Å². The van der Waals surface area contributed by atoms with Crippen LogP contribution < -0.4 is 10.6 Å². The lowest BCUT2D eigenvalue weighted by atomic mass is 10.1. The molecule has 0 atom stereocenters. The van der Waals surface area contributed by atoms with E-state index in [0.29, 0.717) is 39.6 Å². The molecule has 0 saturated carbocycles. The first-order valence-electron chi connectivity index (χ1n) is 8.41. The highest BCUT2D eigenvalue weighted by Crippen LogP contribution is 2.28. The second-order valence-electron chi connectivity index (χ2n) is 6.00. The molecule has 2 aromatic carbocycles. The molecule has 6 nitrogen and oxygen atoms in total. The van der Waals surface area contributed by atoms with E-state index in [1.54, 1.807) is 49.4 Å². The number of fused-ring (bicyclic) bond motifs is 1. The molecule has 0 aliphatic carbocycles. The molecule has 146 valence electrons. The van der Waals surface area contributed by atoms with Crippen molar-refractivity contribution in [2.24, 2.45) is 0 Å². The zero-order valence-corrected chi connectivity index (χ0v) is 16.0. The lowest BCUT2D eigenvalue weighted by molar-refractivity contribution is -0.116. The number of para-hydroxylation sites is 2. The van der Waals surface area contributed by atoms with E-state index in [-0.39, 0.29) is 23.5 Å². The van der Waals surface area contributed by atoms with E-state index in [2.05, 4.69) is 15.6 Å². The third-order valence-electron chi connectivity index (χ3n) is 4.11. The van der Waals surface area contributed by atoms with Crippen molar-refractivity contribution in [1.82, 2.24) is 14.9 Å². The molecule has 0 unspecified atom stereocenters. The minimum Gasteiger partial charge on any atom is -0.355 e. The fourth-order valence-electron chi connectivity index (χ4n) is 2.80. The molecule has 0 bridgehead atoms. The average Bonchev–Trinajstić information content (AvgIpc) is 2.99. The normalized spacial score (nSPS) is 11.0. The molecule has 2 amide bonds. The topological polar surface area (TPSA) is 76.0 Å². The van der Waals surface area contributed by atoms with Crippen LogP contribution in [0.3, 0.4) is 0 Å². The minimum absolute atomic E-state index is 0.0815. The second kappa shape index (κ2) is 8.39. The average molecular weight is 404 g/mol. The molecule has 1 heterocycles. The summed E-state index contributed by atoms with van der Waals surface area (Å²) < 4.78 is 27.2. The highest BCUT2D eigenvalue weighted by molar-refractivity contribution is 7.99. The molecule has 0 saturated heterocycles. The van der Waals surface area contributed by atoms with Crippen molar-refractivity contribution < 1.29 is 18.4 Å². The first-order chi connectivity index (χ1) is 13.4. The van der Waals surface area contributed by atoms with Crippen LogP contribution in [0.2, 0.25) is 0 Å². The highest BCUT2D eigenvalue weighted by Gasteiger charge is 2.18. The number of halogens is 2. The van der Waals surface area contributed by atoms with Crippen molar-refractivity contribution in [2.75, 3.05) is 12.4 Å². The van der Waals surface area contributed by atoms with E-state index in [1.807, 2.05) is 0 Å². The number of alkyl halides is 2. The molecule has 0 fully saturated rings. The van der Waals surface area contributed by atoms with Gasteiger partial charge < -0.3 is 15.2 Å². The Morgan fingerprint density at radius 3 is 2.64 bits per heavy atom. The van der Waals surface area contributed by atoms with E-state index in [0.717, 1.165) is 0 Å². The van der Waals surface area contributed by atoms with Crippen LogP contribution in [0, 0.1) is 6.92 Å². The van der Waals surface area contributed by atoms with Crippen molar-refractivity contribution >= 4 is 40.3 Å². The van der Waals surface area contributed by atoms with Gasteiger partial charge in [-0.25, -0.2) is 4.98 Å². The maximum atomic E-state index is 12.9. The molecular weight excluding hydrogens is 386 g/mol. The number of nitrogens with zero attached hydrogens (tertiary/aromatic N) is 2. The highest BCUT2D eigenvalue weighted by atomic mass is 32.2. The van der Waals surface area contributed by atoms with Gasteiger partial charge in [-0.05, 0) is 54.6 Å². The van der Waals surface area contributed by atoms with Crippen molar-refractivity contribution in [2.45, 2.75) is 24.4 Å². The Bertz CT molecular complexity index is 1040. The van der Waals surface area contributed by atoms with Gasteiger partial charge in [0.25, 0.3) is 11.7 Å². The van der Waals surface area contributed by atoms with Gasteiger partial charge in [0.1, 0.15) is 6.54 Å². The van der Waals surface area contributed by atoms with Gasteiger partial charge >= 0.3 is 0 Å². The molecule has 28 heavy (non-hydrogen) atoms. The summed E-state index contributed by atoms with van der Waals surface area (Å²) in [6.07, 6.45) is 0. The summed E-state index contributed by atoms with van der Waals surface area (Å²) >= 11 is 0.304. The first kappa shape index (κ1) is 19.8. The summed E-state index contributed by atoms with van der Waals surface area (Å²) in [7, 11) is 1.54. The predicted molar refractivity (Wildman–Crippen MR) is 105 cm³/mol. The van der Waals surface area contributed by atoms with Gasteiger partial charge in [0.15, 0.2) is 5.16 Å². The summed E-state index contributed by atoms with van der Waals surface area (Å²) in [6, 6.07) is 11.9. The summed E-state index contributed by atoms with van der Waals surface area (Å²) in [6.45, 7) is 1.61. The van der Waals surface area contributed by atoms with Gasteiger partial charge in [0, 0.05) is 18.3 Å². The molecule has 2 N–H and O–H groups in total. The van der Waals surface area contributed by atoms with Crippen LogP contribution in [-0.2, 0) is 11.3 Å². The quantitative estimate of drug-likeness (QED) is 0.615. The Labute approximate surface area is 164 Å². The molecule has 1 aromatic heterocycles. The summed E-state index contributed by atoms with van der Waals surface area (Å²) in [5, 5.41) is 5.38. The van der Waals surface area contributed by atoms with E-state index in [4.69, 9.17) is 0 Å². The summed E-state index contributed by atoms with van der Waals surface area (Å²) in [5.74, 6) is -3.24. The predicted octanol–water partition coefficient (Wildman–Crippen LogP) is 3.66. The standard InChI is InChI=1S/C19H18F2N4O2S/c1-11-9-12(17(27)22-2)7-8-13(11)23-16(26)10-25-15-6-4-3-5-14(15)24-19(25)28-18(20)21/h3-9,18H,10H2,1-2H3,(H,22,27)(H,23,26). The van der Waals surface area contributed by atoms with Crippen molar-refractivity contribution in [1.29, 1.82) is 0 Å². The number of hydrogen-bond acceptors (Lipinski definition) is 4. The van der Waals surface area contributed by atoms with Crippen LogP contribution in [0.25, 0.3) is 11.0 Å². The Balaban J connectivity index is 1.83. The monoisotopic (exact) mass is 404 g/mol. The number of benzene rings is 2. The van der Waals surface area contributed by atoms with Crippen LogP contribution in [-0.4, -0.2) is 34.2 Å². The molecule has 9 heteroatoms. The number of carbonyl (C=O) groups is 2. The molecule has 0 aliphatic heterocycles. The Morgan fingerprint density at radius 1 is 1.21 bits per heavy atom.